The predicted molar refractivity (Wildman–Crippen MR) is 104 cm³/mol. The van der Waals surface area contributed by atoms with Gasteiger partial charge in [0.15, 0.2) is 0 Å². The Labute approximate surface area is 154 Å². The van der Waals surface area contributed by atoms with Gasteiger partial charge >= 0.3 is 7.82 Å². The van der Waals surface area contributed by atoms with Crippen molar-refractivity contribution in [3.63, 3.8) is 0 Å². The zero-order valence-electron chi connectivity index (χ0n) is 16.4. The predicted octanol–water partition coefficient (Wildman–Crippen LogP) is 5.08. The molecule has 0 saturated carbocycles. The van der Waals surface area contributed by atoms with Crippen LogP contribution in [0.1, 0.15) is 104 Å². The molecular weight excluding hydrogens is 341 g/mol. The maximum atomic E-state index is 8.88. The highest BCUT2D eigenvalue weighted by Gasteiger charge is 2.00. The Kier molecular flexibility index (Phi) is 24.1. The van der Waals surface area contributed by atoms with Crippen LogP contribution in [0.3, 0.4) is 0 Å². The average molecular weight is 384 g/mol. The van der Waals surface area contributed by atoms with Gasteiger partial charge in [0.2, 0.25) is 0 Å². The molecule has 0 atom stereocenters. The van der Waals surface area contributed by atoms with Crippen molar-refractivity contribution in [3.05, 3.63) is 0 Å². The van der Waals surface area contributed by atoms with Gasteiger partial charge < -0.3 is 19.5 Å². The van der Waals surface area contributed by atoms with Gasteiger partial charge in [-0.1, -0.05) is 90.4 Å². The third kappa shape index (κ3) is 40.2. The summed E-state index contributed by atoms with van der Waals surface area (Å²) in [6, 6.07) is 0. The quantitative estimate of drug-likeness (QED) is 0.159. The van der Waals surface area contributed by atoms with Gasteiger partial charge in [0.05, 0.1) is 6.61 Å². The van der Waals surface area contributed by atoms with Crippen molar-refractivity contribution < 1.29 is 24.1 Å². The molecule has 0 radical (unpaired) electrons. The summed E-state index contributed by atoms with van der Waals surface area (Å²) >= 11 is 0. The molecule has 0 aromatic heterocycles. The number of hydrogen-bond acceptors (Lipinski definition) is 3. The highest BCUT2D eigenvalue weighted by molar-refractivity contribution is 7.45. The van der Waals surface area contributed by atoms with E-state index in [2.05, 4.69) is 12.4 Å². The van der Waals surface area contributed by atoms with Crippen LogP contribution in [-0.4, -0.2) is 27.8 Å². The summed E-state index contributed by atoms with van der Waals surface area (Å²) in [7, 11) is -4.64. The van der Waals surface area contributed by atoms with Crippen molar-refractivity contribution in [1.82, 2.24) is 5.48 Å². The molecule has 0 spiro atoms. The first-order chi connectivity index (χ1) is 11.9. The molecule has 0 heterocycles. The minimum absolute atomic E-state index is 0.763. The molecule has 0 aliphatic carbocycles. The topological polar surface area (TPSA) is 99.0 Å². The molecule has 0 saturated heterocycles. The summed E-state index contributed by atoms with van der Waals surface area (Å²) in [6.07, 6.45) is 19.9. The van der Waals surface area contributed by atoms with Crippen LogP contribution in [0.5, 0.6) is 0 Å². The molecule has 0 rings (SSSR count). The first-order valence-electron chi connectivity index (χ1n) is 10.0. The lowest BCUT2D eigenvalue weighted by Gasteiger charge is -2.04. The summed E-state index contributed by atoms with van der Waals surface area (Å²) < 4.78 is 8.88. The van der Waals surface area contributed by atoms with E-state index in [1.54, 1.807) is 0 Å². The molecule has 0 aliphatic rings. The van der Waals surface area contributed by atoms with Gasteiger partial charge in [0, 0.05) is 6.54 Å². The number of rotatable bonds is 17. The fraction of sp³-hybridized carbons (Fsp3) is 1.00. The van der Waals surface area contributed by atoms with Crippen LogP contribution < -0.4 is 5.48 Å². The van der Waals surface area contributed by atoms with Gasteiger partial charge in [0.25, 0.3) is 0 Å². The monoisotopic (exact) mass is 383 g/mol. The summed E-state index contributed by atoms with van der Waals surface area (Å²) in [5.41, 5.74) is 2.98. The number of hydrogen-bond donors (Lipinski definition) is 4. The van der Waals surface area contributed by atoms with E-state index in [4.69, 9.17) is 24.1 Å². The van der Waals surface area contributed by atoms with Crippen LogP contribution >= 0.6 is 7.82 Å². The van der Waals surface area contributed by atoms with Gasteiger partial charge in [-0.2, -0.15) is 0 Å². The Morgan fingerprint density at radius 2 is 1.00 bits per heavy atom. The number of unbranched alkanes of at least 4 members (excludes halogenated alkanes) is 13. The van der Waals surface area contributed by atoms with Crippen molar-refractivity contribution >= 4 is 7.82 Å². The third-order valence-corrected chi connectivity index (χ3v) is 3.88. The zero-order chi connectivity index (χ0) is 19.2. The third-order valence-electron chi connectivity index (χ3n) is 3.88. The van der Waals surface area contributed by atoms with Gasteiger partial charge in [-0.05, 0) is 13.3 Å². The normalized spacial score (nSPS) is 11.2. The van der Waals surface area contributed by atoms with Crippen LogP contribution in [0.2, 0.25) is 0 Å². The summed E-state index contributed by atoms with van der Waals surface area (Å²) in [4.78, 5) is 26.7. The van der Waals surface area contributed by atoms with E-state index in [0.29, 0.717) is 0 Å². The second-order valence-corrected chi connectivity index (χ2v) is 7.46. The molecule has 154 valence electrons. The van der Waals surface area contributed by atoms with Crippen LogP contribution in [0.25, 0.3) is 0 Å². The highest BCUT2D eigenvalue weighted by atomic mass is 31.2. The van der Waals surface area contributed by atoms with Gasteiger partial charge in [-0.3, -0.25) is 0 Å². The highest BCUT2D eigenvalue weighted by Crippen LogP contribution is 2.25. The Bertz CT molecular complexity index is 260. The average Bonchev–Trinajstić information content (AvgIpc) is 2.53. The van der Waals surface area contributed by atoms with E-state index >= 15 is 0 Å². The van der Waals surface area contributed by atoms with Crippen molar-refractivity contribution in [2.45, 2.75) is 104 Å². The molecule has 0 fully saturated rings. The maximum absolute atomic E-state index is 8.88. The molecule has 0 bridgehead atoms. The van der Waals surface area contributed by atoms with E-state index in [1.807, 2.05) is 6.92 Å². The molecule has 6 nitrogen and oxygen atoms in total. The lowest BCUT2D eigenvalue weighted by Crippen LogP contribution is -2.15. The minimum atomic E-state index is -4.64. The second-order valence-electron chi connectivity index (χ2n) is 6.44. The summed E-state index contributed by atoms with van der Waals surface area (Å²) in [6.45, 7) is 6.07. The molecule has 0 aromatic carbocycles. The largest absolute Gasteiger partial charge is 0.466 e. The van der Waals surface area contributed by atoms with E-state index in [9.17, 15) is 0 Å². The fourth-order valence-corrected chi connectivity index (χ4v) is 2.57. The number of hydroxylamine groups is 1. The van der Waals surface area contributed by atoms with E-state index in [-0.39, 0.29) is 0 Å². The zero-order valence-corrected chi connectivity index (χ0v) is 17.3. The Balaban J connectivity index is 0. The fourth-order valence-electron chi connectivity index (χ4n) is 2.57. The lowest BCUT2D eigenvalue weighted by molar-refractivity contribution is 0.0500. The summed E-state index contributed by atoms with van der Waals surface area (Å²) in [5.74, 6) is 0. The van der Waals surface area contributed by atoms with Crippen molar-refractivity contribution in [1.29, 1.82) is 0 Å². The standard InChI is InChI=1S/C18H39NO.H3O4P/c1-3-5-6-7-8-9-10-11-12-13-14-15-16-17-18-19-20-4-2;1-5(2,3)4/h19H,3-18H2,1-2H3;(H3,1,2,3,4). The first-order valence-corrected chi connectivity index (χ1v) is 11.6. The van der Waals surface area contributed by atoms with Crippen molar-refractivity contribution in [2.24, 2.45) is 0 Å². The Morgan fingerprint density at radius 3 is 1.32 bits per heavy atom. The maximum Gasteiger partial charge on any atom is 0.466 e. The molecule has 0 unspecified atom stereocenters. The van der Waals surface area contributed by atoms with E-state index in [0.717, 1.165) is 13.2 Å². The number of nitrogens with one attached hydrogen (secondary N) is 1. The molecule has 0 aromatic rings. The Hall–Kier alpha value is 0.0300. The lowest BCUT2D eigenvalue weighted by atomic mass is 10.0. The van der Waals surface area contributed by atoms with Crippen molar-refractivity contribution in [3.8, 4) is 0 Å². The SMILES string of the molecule is CCCCCCCCCCCCCCCCNOCC.O=P(O)(O)O. The van der Waals surface area contributed by atoms with Crippen LogP contribution in [0.15, 0.2) is 0 Å². The molecule has 0 amide bonds. The van der Waals surface area contributed by atoms with E-state index < -0.39 is 7.82 Å². The molecular formula is C18H42NO5P. The van der Waals surface area contributed by atoms with Crippen LogP contribution in [0.4, 0.5) is 0 Å². The van der Waals surface area contributed by atoms with Crippen LogP contribution in [-0.2, 0) is 9.40 Å². The Morgan fingerprint density at radius 1 is 0.680 bits per heavy atom. The summed E-state index contributed by atoms with van der Waals surface area (Å²) in [5, 5.41) is 0. The molecule has 7 heteroatoms. The minimum Gasteiger partial charge on any atom is -0.303 e. The van der Waals surface area contributed by atoms with Crippen LogP contribution in [0, 0.1) is 0 Å². The molecule has 25 heavy (non-hydrogen) atoms. The molecule has 0 aliphatic heterocycles. The number of phosphoric acid groups is 1. The van der Waals surface area contributed by atoms with Gasteiger partial charge in [0.1, 0.15) is 0 Å². The van der Waals surface area contributed by atoms with Crippen molar-refractivity contribution in [2.75, 3.05) is 13.2 Å². The molecule has 4 N–H and O–H groups in total. The smallest absolute Gasteiger partial charge is 0.303 e. The van der Waals surface area contributed by atoms with Gasteiger partial charge in [-0.25, -0.2) is 10.0 Å². The first kappa shape index (κ1) is 27.3. The van der Waals surface area contributed by atoms with E-state index in [1.165, 1.54) is 89.9 Å². The van der Waals surface area contributed by atoms with Gasteiger partial charge in [-0.15, -0.1) is 0 Å². The second kappa shape index (κ2) is 22.1.